The molecule has 1 aromatic heterocycles. The first-order chi connectivity index (χ1) is 13.5. The van der Waals surface area contributed by atoms with Crippen LogP contribution in [-0.2, 0) is 22.6 Å². The fraction of sp³-hybridized carbons (Fsp3) is 0.400. The number of carbonyl (C=O) groups excluding carboxylic acids is 3. The van der Waals surface area contributed by atoms with Crippen molar-refractivity contribution in [3.63, 3.8) is 0 Å². The fourth-order valence-corrected chi connectivity index (χ4v) is 3.19. The summed E-state index contributed by atoms with van der Waals surface area (Å²) in [5.74, 6) is 0.495. The van der Waals surface area contributed by atoms with E-state index in [1.165, 1.54) is 4.90 Å². The Morgan fingerprint density at radius 3 is 2.71 bits per heavy atom. The molecule has 1 aromatic carbocycles. The van der Waals surface area contributed by atoms with Gasteiger partial charge in [-0.2, -0.15) is 0 Å². The molecule has 1 fully saturated rings. The third kappa shape index (κ3) is 4.97. The molecular weight excluding hydrogens is 358 g/mol. The molecule has 4 amide bonds. The highest BCUT2D eigenvalue weighted by Gasteiger charge is 2.37. The third-order valence-corrected chi connectivity index (χ3v) is 4.83. The Bertz CT molecular complexity index is 833. The van der Waals surface area contributed by atoms with Crippen LogP contribution < -0.4 is 10.6 Å². The average molecular weight is 383 g/mol. The molecule has 1 atom stereocenters. The van der Waals surface area contributed by atoms with Crippen molar-refractivity contribution in [2.45, 2.75) is 38.8 Å². The zero-order chi connectivity index (χ0) is 19.9. The zero-order valence-electron chi connectivity index (χ0n) is 15.9. The van der Waals surface area contributed by atoms with Crippen molar-refractivity contribution in [3.05, 3.63) is 54.1 Å². The van der Waals surface area contributed by atoms with E-state index in [0.29, 0.717) is 32.5 Å². The van der Waals surface area contributed by atoms with Crippen LogP contribution in [0.3, 0.4) is 0 Å². The van der Waals surface area contributed by atoms with E-state index in [4.69, 9.17) is 0 Å². The molecule has 2 aromatic rings. The number of nitrogens with zero attached hydrogens (tertiary/aromatic N) is 3. The number of rotatable bonds is 9. The number of nitrogens with one attached hydrogen (secondary N) is 2. The number of benzene rings is 1. The maximum absolute atomic E-state index is 12.5. The van der Waals surface area contributed by atoms with Gasteiger partial charge in [-0.15, -0.1) is 0 Å². The topological polar surface area (TPSA) is 96.3 Å². The molecule has 2 heterocycles. The molecule has 8 heteroatoms. The second-order valence-electron chi connectivity index (χ2n) is 6.78. The highest BCUT2D eigenvalue weighted by molar-refractivity contribution is 6.04. The number of carbonyl (C=O) groups is 3. The van der Waals surface area contributed by atoms with Gasteiger partial charge in [0.1, 0.15) is 11.9 Å². The molecule has 0 saturated carbocycles. The second-order valence-corrected chi connectivity index (χ2v) is 6.78. The van der Waals surface area contributed by atoms with Gasteiger partial charge < -0.3 is 15.2 Å². The van der Waals surface area contributed by atoms with E-state index in [1.54, 1.807) is 6.20 Å². The summed E-state index contributed by atoms with van der Waals surface area (Å²) in [6, 6.07) is 8.69. The van der Waals surface area contributed by atoms with Crippen molar-refractivity contribution < 1.29 is 14.4 Å². The standard InChI is InChI=1S/C20H25N5O3/c1-15-21-10-13-24(15)14-11-22-18(26)8-7-17-19(27)25(20(28)23-17)12-9-16-5-3-2-4-6-16/h2-6,10,13,17H,7-9,11-12,14H2,1H3,(H,22,26)(H,23,28). The lowest BCUT2D eigenvalue weighted by molar-refractivity contribution is -0.127. The molecule has 8 nitrogen and oxygen atoms in total. The van der Waals surface area contributed by atoms with Crippen LogP contribution >= 0.6 is 0 Å². The van der Waals surface area contributed by atoms with Crippen molar-refractivity contribution >= 4 is 17.8 Å². The molecule has 0 radical (unpaired) electrons. The minimum absolute atomic E-state index is 0.137. The van der Waals surface area contributed by atoms with Crippen molar-refractivity contribution in [1.29, 1.82) is 0 Å². The van der Waals surface area contributed by atoms with E-state index in [-0.39, 0.29) is 24.3 Å². The van der Waals surface area contributed by atoms with Crippen LogP contribution in [0.4, 0.5) is 4.79 Å². The molecule has 0 spiro atoms. The maximum atomic E-state index is 12.5. The Balaban J connectivity index is 1.39. The van der Waals surface area contributed by atoms with E-state index in [2.05, 4.69) is 15.6 Å². The number of hydrogen-bond acceptors (Lipinski definition) is 4. The lowest BCUT2D eigenvalue weighted by Crippen LogP contribution is -2.34. The molecule has 1 saturated heterocycles. The first kappa shape index (κ1) is 19.6. The lowest BCUT2D eigenvalue weighted by Gasteiger charge is -2.13. The predicted octanol–water partition coefficient (Wildman–Crippen LogP) is 1.25. The molecule has 1 unspecified atom stereocenters. The van der Waals surface area contributed by atoms with Gasteiger partial charge in [0, 0.05) is 38.4 Å². The zero-order valence-corrected chi connectivity index (χ0v) is 15.9. The summed E-state index contributed by atoms with van der Waals surface area (Å²) in [5.41, 5.74) is 1.07. The van der Waals surface area contributed by atoms with Gasteiger partial charge in [0.25, 0.3) is 5.91 Å². The largest absolute Gasteiger partial charge is 0.354 e. The summed E-state index contributed by atoms with van der Waals surface area (Å²) in [6.45, 7) is 3.37. The summed E-state index contributed by atoms with van der Waals surface area (Å²) in [4.78, 5) is 41.9. The predicted molar refractivity (Wildman–Crippen MR) is 103 cm³/mol. The van der Waals surface area contributed by atoms with E-state index < -0.39 is 6.04 Å². The fourth-order valence-electron chi connectivity index (χ4n) is 3.19. The van der Waals surface area contributed by atoms with E-state index in [1.807, 2.05) is 48.0 Å². The van der Waals surface area contributed by atoms with Crippen LogP contribution in [0.5, 0.6) is 0 Å². The third-order valence-electron chi connectivity index (χ3n) is 4.83. The normalized spacial score (nSPS) is 16.3. The number of hydrogen-bond donors (Lipinski definition) is 2. The second kappa shape index (κ2) is 9.16. The SMILES string of the molecule is Cc1nccn1CCNC(=O)CCC1NC(=O)N(CCc2ccccc2)C1=O. The number of aromatic nitrogens is 2. The number of amides is 4. The molecule has 1 aliphatic rings. The lowest BCUT2D eigenvalue weighted by atomic mass is 10.1. The van der Waals surface area contributed by atoms with E-state index in [0.717, 1.165) is 11.4 Å². The van der Waals surface area contributed by atoms with Crippen LogP contribution in [0.15, 0.2) is 42.7 Å². The van der Waals surface area contributed by atoms with Crippen molar-refractivity contribution in [1.82, 2.24) is 25.1 Å². The first-order valence-electron chi connectivity index (χ1n) is 9.45. The van der Waals surface area contributed by atoms with E-state index in [9.17, 15) is 14.4 Å². The number of urea groups is 1. The molecule has 1 aliphatic heterocycles. The summed E-state index contributed by atoms with van der Waals surface area (Å²) < 4.78 is 1.95. The summed E-state index contributed by atoms with van der Waals surface area (Å²) >= 11 is 0. The number of imide groups is 1. The van der Waals surface area contributed by atoms with Crippen LogP contribution in [0.2, 0.25) is 0 Å². The Hall–Kier alpha value is -3.16. The van der Waals surface area contributed by atoms with E-state index >= 15 is 0 Å². The summed E-state index contributed by atoms with van der Waals surface area (Å²) in [7, 11) is 0. The molecule has 0 bridgehead atoms. The quantitative estimate of drug-likeness (QED) is 0.637. The van der Waals surface area contributed by atoms with Crippen molar-refractivity contribution in [2.24, 2.45) is 0 Å². The van der Waals surface area contributed by atoms with Gasteiger partial charge in [0.05, 0.1) is 0 Å². The van der Waals surface area contributed by atoms with Gasteiger partial charge in [0.15, 0.2) is 0 Å². The molecule has 28 heavy (non-hydrogen) atoms. The van der Waals surface area contributed by atoms with Crippen LogP contribution in [0.1, 0.15) is 24.2 Å². The van der Waals surface area contributed by atoms with Crippen molar-refractivity contribution in [2.75, 3.05) is 13.1 Å². The van der Waals surface area contributed by atoms with Gasteiger partial charge in [-0.1, -0.05) is 30.3 Å². The molecule has 0 aliphatic carbocycles. The first-order valence-corrected chi connectivity index (χ1v) is 9.45. The molecule has 148 valence electrons. The summed E-state index contributed by atoms with van der Waals surface area (Å²) in [6.07, 6.45) is 4.67. The van der Waals surface area contributed by atoms with Gasteiger partial charge >= 0.3 is 6.03 Å². The maximum Gasteiger partial charge on any atom is 0.324 e. The van der Waals surface area contributed by atoms with Gasteiger partial charge in [0.2, 0.25) is 5.91 Å². The smallest absolute Gasteiger partial charge is 0.324 e. The monoisotopic (exact) mass is 383 g/mol. The summed E-state index contributed by atoms with van der Waals surface area (Å²) in [5, 5.41) is 5.51. The Kier molecular flexibility index (Phi) is 6.41. The molecule has 3 rings (SSSR count). The minimum atomic E-state index is -0.634. The molecular formula is C20H25N5O3. The Labute approximate surface area is 163 Å². The average Bonchev–Trinajstić information content (AvgIpc) is 3.22. The van der Waals surface area contributed by atoms with Crippen LogP contribution in [0.25, 0.3) is 0 Å². The number of imidazole rings is 1. The van der Waals surface area contributed by atoms with Crippen LogP contribution in [-0.4, -0.2) is 51.4 Å². The highest BCUT2D eigenvalue weighted by Crippen LogP contribution is 2.12. The van der Waals surface area contributed by atoms with Crippen LogP contribution in [0, 0.1) is 6.92 Å². The van der Waals surface area contributed by atoms with Gasteiger partial charge in [-0.05, 0) is 25.3 Å². The number of aryl methyl sites for hydroxylation is 1. The molecule has 2 N–H and O–H groups in total. The van der Waals surface area contributed by atoms with Crippen molar-refractivity contribution in [3.8, 4) is 0 Å². The Morgan fingerprint density at radius 2 is 2.00 bits per heavy atom. The van der Waals surface area contributed by atoms with Gasteiger partial charge in [-0.25, -0.2) is 9.78 Å². The Morgan fingerprint density at radius 1 is 1.21 bits per heavy atom. The highest BCUT2D eigenvalue weighted by atomic mass is 16.2. The minimum Gasteiger partial charge on any atom is -0.354 e. The van der Waals surface area contributed by atoms with Gasteiger partial charge in [-0.3, -0.25) is 14.5 Å².